The smallest absolute Gasteiger partial charge is 0.183 e. The van der Waals surface area contributed by atoms with E-state index in [1.807, 2.05) is 32.0 Å². The van der Waals surface area contributed by atoms with E-state index in [1.54, 1.807) is 23.2 Å². The first-order valence-electron chi connectivity index (χ1n) is 10.7. The number of methoxy groups -OCH3 is 1. The maximum absolute atomic E-state index is 13.5. The molecule has 10 nitrogen and oxygen atoms in total. The van der Waals surface area contributed by atoms with Gasteiger partial charge in [0.15, 0.2) is 21.5 Å². The predicted molar refractivity (Wildman–Crippen MR) is 133 cm³/mol. The van der Waals surface area contributed by atoms with Crippen LogP contribution in [0.4, 0.5) is 0 Å². The van der Waals surface area contributed by atoms with Crippen molar-refractivity contribution in [3.63, 3.8) is 0 Å². The highest BCUT2D eigenvalue weighted by molar-refractivity contribution is 7.91. The van der Waals surface area contributed by atoms with Gasteiger partial charge in [-0.3, -0.25) is 4.98 Å². The summed E-state index contributed by atoms with van der Waals surface area (Å²) >= 11 is 7.35. The topological polar surface area (TPSA) is 126 Å². The summed E-state index contributed by atoms with van der Waals surface area (Å²) in [6.07, 6.45) is 3.68. The Morgan fingerprint density at radius 2 is 1.89 bits per heavy atom. The van der Waals surface area contributed by atoms with Gasteiger partial charge in [-0.05, 0) is 32.9 Å². The second kappa shape index (κ2) is 10.4. The van der Waals surface area contributed by atoms with Gasteiger partial charge >= 0.3 is 0 Å². The summed E-state index contributed by atoms with van der Waals surface area (Å²) in [6.45, 7) is 5.40. The van der Waals surface area contributed by atoms with E-state index in [-0.39, 0.29) is 17.6 Å². The van der Waals surface area contributed by atoms with Crippen LogP contribution in [0.3, 0.4) is 0 Å². The minimum atomic E-state index is -3.78. The number of nitrogens with zero attached hydrogens (tertiary/aromatic N) is 7. The zero-order valence-corrected chi connectivity index (χ0v) is 21.9. The monoisotopic (exact) mass is 533 g/mol. The van der Waals surface area contributed by atoms with Crippen molar-refractivity contribution in [2.75, 3.05) is 7.11 Å². The lowest BCUT2D eigenvalue weighted by molar-refractivity contribution is 0.0948. The molecule has 4 rings (SSSR count). The van der Waals surface area contributed by atoms with E-state index in [1.165, 1.54) is 30.8 Å². The first-order chi connectivity index (χ1) is 16.7. The molecule has 4 aromatic heterocycles. The molecule has 0 unspecified atom stereocenters. The molecule has 0 fully saturated rings. The average molecular weight is 534 g/mol. The third-order valence-corrected chi connectivity index (χ3v) is 8.79. The molecule has 4 aromatic rings. The Labute approximate surface area is 212 Å². The molecule has 0 N–H and O–H groups in total. The maximum atomic E-state index is 13.5. The van der Waals surface area contributed by atoms with Crippen LogP contribution in [0.1, 0.15) is 48.2 Å². The highest BCUT2D eigenvalue weighted by Crippen LogP contribution is 2.31. The lowest BCUT2D eigenvalue weighted by Crippen LogP contribution is -2.30. The van der Waals surface area contributed by atoms with Gasteiger partial charge in [-0.25, -0.2) is 23.4 Å². The first-order valence-corrected chi connectivity index (χ1v) is 13.7. The largest absolute Gasteiger partial charge is 0.372 e. The Morgan fingerprint density at radius 1 is 1.14 bits per heavy atom. The highest BCUT2D eigenvalue weighted by atomic mass is 35.5. The minimum Gasteiger partial charge on any atom is -0.372 e. The van der Waals surface area contributed by atoms with E-state index in [0.29, 0.717) is 22.4 Å². The summed E-state index contributed by atoms with van der Waals surface area (Å²) < 4.78 is 34.4. The summed E-state index contributed by atoms with van der Waals surface area (Å²) in [5, 5.41) is 8.00. The number of hydrogen-bond donors (Lipinski definition) is 0. The van der Waals surface area contributed by atoms with E-state index in [0.717, 1.165) is 10.6 Å². The molecule has 13 heteroatoms. The van der Waals surface area contributed by atoms with Crippen LogP contribution in [-0.2, 0) is 20.3 Å². The van der Waals surface area contributed by atoms with Crippen molar-refractivity contribution in [3.8, 4) is 11.5 Å². The van der Waals surface area contributed by atoms with Crippen molar-refractivity contribution in [1.29, 1.82) is 0 Å². The van der Waals surface area contributed by atoms with Gasteiger partial charge in [-0.2, -0.15) is 0 Å². The number of rotatable bonds is 9. The molecule has 4 heterocycles. The van der Waals surface area contributed by atoms with Gasteiger partial charge in [0.25, 0.3) is 0 Å². The Morgan fingerprint density at radius 3 is 2.51 bits per heavy atom. The van der Waals surface area contributed by atoms with Crippen molar-refractivity contribution in [2.24, 2.45) is 0 Å². The Kier molecular flexibility index (Phi) is 7.55. The van der Waals surface area contributed by atoms with Gasteiger partial charge < -0.3 is 9.30 Å². The Hall–Kier alpha value is -2.80. The Bertz CT molecular complexity index is 1390. The SMILES string of the molecule is CO[C@H](c1ncc(Cl)cn1)[C@H](C)S(=O)(=O)Cc1nnc(-c2cccc(C)n2)n1[C@@H](C)c1cncs1. The van der Waals surface area contributed by atoms with E-state index in [4.69, 9.17) is 16.3 Å². The number of hydrogen-bond acceptors (Lipinski definition) is 10. The van der Waals surface area contributed by atoms with E-state index in [2.05, 4.69) is 30.1 Å². The molecule has 0 bridgehead atoms. The van der Waals surface area contributed by atoms with Crippen LogP contribution in [0.15, 0.2) is 42.3 Å². The molecule has 0 amide bonds. The van der Waals surface area contributed by atoms with E-state index < -0.39 is 21.2 Å². The predicted octanol–water partition coefficient (Wildman–Crippen LogP) is 3.85. The molecule has 3 atom stereocenters. The molecule has 0 aliphatic carbocycles. The van der Waals surface area contributed by atoms with Gasteiger partial charge in [0.2, 0.25) is 0 Å². The molecule has 0 spiro atoms. The maximum Gasteiger partial charge on any atom is 0.183 e. The third kappa shape index (κ3) is 5.40. The molecule has 35 heavy (non-hydrogen) atoms. The lowest BCUT2D eigenvalue weighted by Gasteiger charge is -2.22. The summed E-state index contributed by atoms with van der Waals surface area (Å²) in [6, 6.07) is 5.33. The van der Waals surface area contributed by atoms with Crippen LogP contribution in [-0.4, -0.2) is 55.5 Å². The number of ether oxygens (including phenoxy) is 1. The van der Waals surface area contributed by atoms with Crippen LogP contribution < -0.4 is 0 Å². The fourth-order valence-electron chi connectivity index (χ4n) is 3.71. The van der Waals surface area contributed by atoms with Crippen LogP contribution in [0.5, 0.6) is 0 Å². The number of aryl methyl sites for hydroxylation is 1. The number of aromatic nitrogens is 7. The van der Waals surface area contributed by atoms with Gasteiger partial charge in [0.1, 0.15) is 23.4 Å². The molecule has 0 aliphatic heterocycles. The number of sulfone groups is 1. The average Bonchev–Trinajstić information content (AvgIpc) is 3.50. The fraction of sp³-hybridized carbons (Fsp3) is 0.364. The molecule has 0 saturated heterocycles. The molecule has 0 saturated carbocycles. The molecular weight excluding hydrogens is 510 g/mol. The zero-order valence-electron chi connectivity index (χ0n) is 19.5. The van der Waals surface area contributed by atoms with Crippen LogP contribution in [0.2, 0.25) is 5.02 Å². The molecular formula is C22H24ClN7O3S2. The van der Waals surface area contributed by atoms with Crippen molar-refractivity contribution >= 4 is 32.8 Å². The summed E-state index contributed by atoms with van der Waals surface area (Å²) in [5.41, 5.74) is 3.15. The number of thiazole rings is 1. The molecule has 0 radical (unpaired) electrons. The Balaban J connectivity index is 1.73. The lowest BCUT2D eigenvalue weighted by atomic mass is 10.2. The highest BCUT2D eigenvalue weighted by Gasteiger charge is 2.35. The number of halogens is 1. The molecule has 0 aliphatic rings. The second-order valence-corrected chi connectivity index (χ2v) is 11.7. The van der Waals surface area contributed by atoms with E-state index in [9.17, 15) is 8.42 Å². The van der Waals surface area contributed by atoms with Gasteiger partial charge in [0, 0.05) is 36.3 Å². The zero-order chi connectivity index (χ0) is 25.2. The first kappa shape index (κ1) is 25.3. The van der Waals surface area contributed by atoms with Gasteiger partial charge in [0.05, 0.1) is 21.8 Å². The minimum absolute atomic E-state index is 0.233. The fourth-order valence-corrected chi connectivity index (χ4v) is 5.90. The summed E-state index contributed by atoms with van der Waals surface area (Å²) in [5.74, 6) is 0.653. The second-order valence-electron chi connectivity index (χ2n) is 7.98. The van der Waals surface area contributed by atoms with Gasteiger partial charge in [-0.1, -0.05) is 17.7 Å². The number of pyridine rings is 1. The standard InChI is InChI=1S/C22H24ClN7O3S2/c1-13-6-5-7-17(27-13)22-29-28-19(30(22)14(2)18-10-24-12-34-18)11-35(31,32)15(3)20(33-4)21-25-8-16(23)9-26-21/h5-10,12,14-15,20H,11H2,1-4H3/t14-,15-,20-/m0/s1. The van der Waals surface area contributed by atoms with Gasteiger partial charge in [-0.15, -0.1) is 21.5 Å². The van der Waals surface area contributed by atoms with Crippen molar-refractivity contribution < 1.29 is 13.2 Å². The van der Waals surface area contributed by atoms with Crippen molar-refractivity contribution in [1.82, 2.24) is 34.7 Å². The molecule has 184 valence electrons. The normalized spacial score (nSPS) is 14.5. The summed E-state index contributed by atoms with van der Waals surface area (Å²) in [4.78, 5) is 18.0. The summed E-state index contributed by atoms with van der Waals surface area (Å²) in [7, 11) is -2.36. The van der Waals surface area contributed by atoms with Crippen molar-refractivity contribution in [2.45, 2.75) is 43.9 Å². The quantitative estimate of drug-likeness (QED) is 0.315. The van der Waals surface area contributed by atoms with Crippen LogP contribution >= 0.6 is 22.9 Å². The van der Waals surface area contributed by atoms with Crippen molar-refractivity contribution in [3.05, 3.63) is 69.5 Å². The van der Waals surface area contributed by atoms with Crippen LogP contribution in [0, 0.1) is 6.92 Å². The third-order valence-electron chi connectivity index (χ3n) is 5.61. The van der Waals surface area contributed by atoms with E-state index >= 15 is 0 Å². The van der Waals surface area contributed by atoms with Crippen LogP contribution in [0.25, 0.3) is 11.5 Å². The molecule has 0 aromatic carbocycles.